The maximum absolute atomic E-state index is 3.70. The molecule has 2 atom stereocenters. The Morgan fingerprint density at radius 2 is 1.94 bits per heavy atom. The molecular weight excluding hydrogens is 282 g/mol. The fourth-order valence-corrected chi connectivity index (χ4v) is 3.63. The highest BCUT2D eigenvalue weighted by Gasteiger charge is 2.17. The molecule has 3 heteroatoms. The van der Waals surface area contributed by atoms with Crippen molar-refractivity contribution in [1.29, 1.82) is 0 Å². The Kier molecular flexibility index (Phi) is 6.01. The summed E-state index contributed by atoms with van der Waals surface area (Å²) in [6.07, 6.45) is 2.51. The van der Waals surface area contributed by atoms with E-state index in [0.29, 0.717) is 12.1 Å². The van der Waals surface area contributed by atoms with Gasteiger partial charge in [-0.2, -0.15) is 0 Å². The van der Waals surface area contributed by atoms with Crippen molar-refractivity contribution in [2.75, 3.05) is 0 Å². The number of hydrogen-bond donors (Lipinski definition) is 1. The summed E-state index contributed by atoms with van der Waals surface area (Å²) in [4.78, 5) is 1.41. The van der Waals surface area contributed by atoms with Gasteiger partial charge < -0.3 is 5.32 Å². The molecule has 0 radical (unpaired) electrons. The lowest BCUT2D eigenvalue weighted by Crippen LogP contribution is -2.34. The Balaban J connectivity index is 2.53. The van der Waals surface area contributed by atoms with Crippen molar-refractivity contribution in [3.05, 3.63) is 20.8 Å². The number of rotatable bonds is 6. The zero-order chi connectivity index (χ0) is 12.1. The van der Waals surface area contributed by atoms with Crippen LogP contribution in [0.3, 0.4) is 0 Å². The maximum Gasteiger partial charge on any atom is 0.0388 e. The van der Waals surface area contributed by atoms with Gasteiger partial charge in [0.15, 0.2) is 0 Å². The second-order valence-electron chi connectivity index (χ2n) is 4.42. The molecule has 0 amide bonds. The largest absolute Gasteiger partial charge is 0.307 e. The molecular formula is C13H22BrNS. The molecule has 1 aromatic rings. The molecule has 1 heterocycles. The molecule has 92 valence electrons. The van der Waals surface area contributed by atoms with Crippen molar-refractivity contribution in [3.8, 4) is 0 Å². The van der Waals surface area contributed by atoms with Crippen LogP contribution in [0.1, 0.15) is 51.5 Å². The van der Waals surface area contributed by atoms with Crippen molar-refractivity contribution < 1.29 is 0 Å². The third-order valence-corrected chi connectivity index (χ3v) is 5.16. The third kappa shape index (κ3) is 3.86. The SMILES string of the molecule is CCC(CC)C(C)NC(C)c1cc(Br)cs1. The zero-order valence-electron chi connectivity index (χ0n) is 10.6. The van der Waals surface area contributed by atoms with Crippen LogP contribution < -0.4 is 5.32 Å². The molecule has 2 unspecified atom stereocenters. The Labute approximate surface area is 112 Å². The van der Waals surface area contributed by atoms with Gasteiger partial charge in [0.05, 0.1) is 0 Å². The first-order chi connectivity index (χ1) is 7.58. The van der Waals surface area contributed by atoms with Gasteiger partial charge in [-0.1, -0.05) is 26.7 Å². The van der Waals surface area contributed by atoms with Gasteiger partial charge in [0.25, 0.3) is 0 Å². The van der Waals surface area contributed by atoms with Gasteiger partial charge in [0.1, 0.15) is 0 Å². The lowest BCUT2D eigenvalue weighted by Gasteiger charge is -2.25. The molecule has 0 aliphatic heterocycles. The van der Waals surface area contributed by atoms with E-state index < -0.39 is 0 Å². The molecule has 0 aromatic carbocycles. The fourth-order valence-electron chi connectivity index (χ4n) is 2.16. The van der Waals surface area contributed by atoms with E-state index in [-0.39, 0.29) is 0 Å². The fraction of sp³-hybridized carbons (Fsp3) is 0.692. The number of nitrogens with one attached hydrogen (secondary N) is 1. The predicted molar refractivity (Wildman–Crippen MR) is 77.1 cm³/mol. The first-order valence-electron chi connectivity index (χ1n) is 6.08. The van der Waals surface area contributed by atoms with E-state index in [1.807, 2.05) is 11.3 Å². The van der Waals surface area contributed by atoms with Crippen molar-refractivity contribution in [1.82, 2.24) is 5.32 Å². The first kappa shape index (κ1) is 14.2. The van der Waals surface area contributed by atoms with Gasteiger partial charge in [-0.25, -0.2) is 0 Å². The maximum atomic E-state index is 3.70. The van der Waals surface area contributed by atoms with E-state index in [1.165, 1.54) is 22.2 Å². The van der Waals surface area contributed by atoms with Crippen LogP contribution in [0, 0.1) is 5.92 Å². The predicted octanol–water partition coefficient (Wildman–Crippen LogP) is 4.99. The van der Waals surface area contributed by atoms with Crippen LogP contribution in [-0.2, 0) is 0 Å². The highest BCUT2D eigenvalue weighted by atomic mass is 79.9. The molecule has 0 spiro atoms. The summed E-state index contributed by atoms with van der Waals surface area (Å²) >= 11 is 5.32. The zero-order valence-corrected chi connectivity index (χ0v) is 13.0. The van der Waals surface area contributed by atoms with E-state index in [1.54, 1.807) is 0 Å². The summed E-state index contributed by atoms with van der Waals surface area (Å²) in [5.74, 6) is 0.783. The summed E-state index contributed by atoms with van der Waals surface area (Å²) in [6, 6.07) is 3.25. The van der Waals surface area contributed by atoms with Gasteiger partial charge in [-0.05, 0) is 41.8 Å². The second kappa shape index (κ2) is 6.77. The second-order valence-corrected chi connectivity index (χ2v) is 6.28. The molecule has 0 fully saturated rings. The lowest BCUT2D eigenvalue weighted by molar-refractivity contribution is 0.331. The number of halogens is 1. The molecule has 0 saturated heterocycles. The standard InChI is InChI=1S/C13H22BrNS/c1-5-11(6-2)9(3)15-10(4)13-7-12(14)8-16-13/h7-11,15H,5-6H2,1-4H3. The minimum absolute atomic E-state index is 0.451. The average Bonchev–Trinajstić information content (AvgIpc) is 2.66. The highest BCUT2D eigenvalue weighted by Crippen LogP contribution is 2.26. The number of hydrogen-bond acceptors (Lipinski definition) is 2. The van der Waals surface area contributed by atoms with Gasteiger partial charge in [-0.3, -0.25) is 0 Å². The van der Waals surface area contributed by atoms with Crippen LogP contribution in [0.25, 0.3) is 0 Å². The normalized spacial score (nSPS) is 15.4. The third-order valence-electron chi connectivity index (χ3n) is 3.28. The Morgan fingerprint density at radius 3 is 2.38 bits per heavy atom. The average molecular weight is 304 g/mol. The minimum atomic E-state index is 0.451. The molecule has 0 aliphatic carbocycles. The molecule has 1 N–H and O–H groups in total. The molecule has 0 aliphatic rings. The van der Waals surface area contributed by atoms with Gasteiger partial charge in [0.2, 0.25) is 0 Å². The van der Waals surface area contributed by atoms with Crippen molar-refractivity contribution in [2.24, 2.45) is 5.92 Å². The smallest absolute Gasteiger partial charge is 0.0388 e. The molecule has 0 saturated carbocycles. The Morgan fingerprint density at radius 1 is 1.31 bits per heavy atom. The van der Waals surface area contributed by atoms with Crippen molar-refractivity contribution >= 4 is 27.3 Å². The Bertz CT molecular complexity index is 307. The van der Waals surface area contributed by atoms with E-state index in [4.69, 9.17) is 0 Å². The van der Waals surface area contributed by atoms with E-state index in [2.05, 4.69) is 60.4 Å². The van der Waals surface area contributed by atoms with Crippen LogP contribution in [-0.4, -0.2) is 6.04 Å². The molecule has 1 nitrogen and oxygen atoms in total. The summed E-state index contributed by atoms with van der Waals surface area (Å²) in [5, 5.41) is 5.85. The van der Waals surface area contributed by atoms with E-state index in [9.17, 15) is 0 Å². The van der Waals surface area contributed by atoms with Gasteiger partial charge in [0, 0.05) is 26.8 Å². The molecule has 0 bridgehead atoms. The van der Waals surface area contributed by atoms with Crippen LogP contribution in [0.2, 0.25) is 0 Å². The van der Waals surface area contributed by atoms with E-state index in [0.717, 1.165) is 5.92 Å². The number of thiophene rings is 1. The Hall–Kier alpha value is 0.140. The monoisotopic (exact) mass is 303 g/mol. The summed E-state index contributed by atoms with van der Waals surface area (Å²) in [7, 11) is 0. The molecule has 1 rings (SSSR count). The molecule has 16 heavy (non-hydrogen) atoms. The highest BCUT2D eigenvalue weighted by molar-refractivity contribution is 9.10. The van der Waals surface area contributed by atoms with Crippen molar-refractivity contribution in [3.63, 3.8) is 0 Å². The van der Waals surface area contributed by atoms with Gasteiger partial charge in [-0.15, -0.1) is 11.3 Å². The summed E-state index contributed by atoms with van der Waals surface area (Å²) < 4.78 is 1.19. The van der Waals surface area contributed by atoms with Crippen LogP contribution in [0.4, 0.5) is 0 Å². The lowest BCUT2D eigenvalue weighted by atomic mass is 9.95. The quantitative estimate of drug-likeness (QED) is 0.781. The summed E-state index contributed by atoms with van der Waals surface area (Å²) in [6.45, 7) is 9.10. The van der Waals surface area contributed by atoms with Crippen LogP contribution >= 0.6 is 27.3 Å². The van der Waals surface area contributed by atoms with E-state index >= 15 is 0 Å². The first-order valence-corrected chi connectivity index (χ1v) is 7.75. The van der Waals surface area contributed by atoms with Gasteiger partial charge >= 0.3 is 0 Å². The van der Waals surface area contributed by atoms with Crippen molar-refractivity contribution in [2.45, 2.75) is 52.6 Å². The van der Waals surface area contributed by atoms with Crippen LogP contribution in [0.15, 0.2) is 15.9 Å². The topological polar surface area (TPSA) is 12.0 Å². The molecule has 1 aromatic heterocycles. The summed E-state index contributed by atoms with van der Waals surface area (Å²) in [5.41, 5.74) is 0. The minimum Gasteiger partial charge on any atom is -0.307 e. The van der Waals surface area contributed by atoms with Crippen LogP contribution in [0.5, 0.6) is 0 Å².